The van der Waals surface area contributed by atoms with Gasteiger partial charge < -0.3 is 15.1 Å². The maximum Gasteiger partial charge on any atom is 0.236 e. The van der Waals surface area contributed by atoms with E-state index in [0.29, 0.717) is 18.6 Å². The molecule has 2 bridgehead atoms. The van der Waals surface area contributed by atoms with Crippen molar-refractivity contribution in [2.45, 2.75) is 59.0 Å². The summed E-state index contributed by atoms with van der Waals surface area (Å²) in [6.07, 6.45) is 4.00. The summed E-state index contributed by atoms with van der Waals surface area (Å²) in [5.41, 5.74) is 0. The van der Waals surface area contributed by atoms with Gasteiger partial charge in [0.2, 0.25) is 5.91 Å². The monoisotopic (exact) mass is 295 g/mol. The molecule has 2 fully saturated rings. The van der Waals surface area contributed by atoms with Gasteiger partial charge in [0.05, 0.1) is 6.54 Å². The smallest absolute Gasteiger partial charge is 0.236 e. The molecule has 1 aliphatic carbocycles. The Kier molecular flexibility index (Phi) is 6.06. The van der Waals surface area contributed by atoms with Gasteiger partial charge in [0.25, 0.3) is 0 Å². The first-order valence-electron chi connectivity index (χ1n) is 8.82. The summed E-state index contributed by atoms with van der Waals surface area (Å²) < 4.78 is 0. The van der Waals surface area contributed by atoms with E-state index < -0.39 is 0 Å². The molecular weight excluding hydrogens is 262 g/mol. The highest BCUT2D eigenvalue weighted by molar-refractivity contribution is 5.78. The molecule has 21 heavy (non-hydrogen) atoms. The van der Waals surface area contributed by atoms with Crippen molar-refractivity contribution in [1.82, 2.24) is 15.1 Å². The molecule has 0 radical (unpaired) electrons. The summed E-state index contributed by atoms with van der Waals surface area (Å²) >= 11 is 0. The fraction of sp³-hybridized carbons (Fsp3) is 0.941. The van der Waals surface area contributed by atoms with Crippen LogP contribution >= 0.6 is 0 Å². The van der Waals surface area contributed by atoms with E-state index in [2.05, 4.69) is 37.9 Å². The van der Waals surface area contributed by atoms with Crippen molar-refractivity contribution < 1.29 is 4.79 Å². The molecule has 2 aliphatic rings. The molecule has 4 heteroatoms. The van der Waals surface area contributed by atoms with Gasteiger partial charge in [0.15, 0.2) is 0 Å². The topological polar surface area (TPSA) is 35.6 Å². The van der Waals surface area contributed by atoms with Crippen LogP contribution in [0, 0.1) is 11.8 Å². The molecule has 1 N–H and O–H groups in total. The molecule has 1 heterocycles. The van der Waals surface area contributed by atoms with Crippen molar-refractivity contribution in [2.24, 2.45) is 11.8 Å². The first-order chi connectivity index (χ1) is 10.1. The van der Waals surface area contributed by atoms with Gasteiger partial charge in [0, 0.05) is 38.3 Å². The minimum Gasteiger partial charge on any atom is -0.342 e. The number of nitrogens with zero attached hydrogens (tertiary/aromatic N) is 2. The summed E-state index contributed by atoms with van der Waals surface area (Å²) in [6.45, 7) is 13.2. The van der Waals surface area contributed by atoms with Crippen LogP contribution < -0.4 is 5.32 Å². The minimum absolute atomic E-state index is 0.254. The Balaban J connectivity index is 1.90. The fourth-order valence-corrected chi connectivity index (χ4v) is 4.12. The first-order valence-corrected chi connectivity index (χ1v) is 8.82. The summed E-state index contributed by atoms with van der Waals surface area (Å²) in [5.74, 6) is 1.71. The largest absolute Gasteiger partial charge is 0.342 e. The number of rotatable bonds is 6. The molecule has 1 saturated heterocycles. The average Bonchev–Trinajstić information content (AvgIpc) is 2.45. The second-order valence-electron chi connectivity index (χ2n) is 6.97. The van der Waals surface area contributed by atoms with Crippen LogP contribution in [-0.4, -0.2) is 60.5 Å². The zero-order valence-electron chi connectivity index (χ0n) is 14.3. The maximum absolute atomic E-state index is 12.2. The van der Waals surface area contributed by atoms with Crippen LogP contribution in [0.25, 0.3) is 0 Å². The maximum atomic E-state index is 12.2. The summed E-state index contributed by atoms with van der Waals surface area (Å²) in [4.78, 5) is 16.7. The summed E-state index contributed by atoms with van der Waals surface area (Å²) in [6, 6.07) is 1.19. The molecule has 2 atom stereocenters. The van der Waals surface area contributed by atoms with E-state index in [9.17, 15) is 4.79 Å². The number of piperidine rings is 1. The number of hydrogen-bond acceptors (Lipinski definition) is 3. The van der Waals surface area contributed by atoms with Crippen molar-refractivity contribution in [3.8, 4) is 0 Å². The van der Waals surface area contributed by atoms with Crippen LogP contribution in [0.3, 0.4) is 0 Å². The summed E-state index contributed by atoms with van der Waals surface area (Å²) in [7, 11) is 0. The molecular formula is C17H33N3O. The lowest BCUT2D eigenvalue weighted by atomic mass is 9.73. The average molecular weight is 295 g/mol. The van der Waals surface area contributed by atoms with Gasteiger partial charge in [-0.05, 0) is 52.4 Å². The van der Waals surface area contributed by atoms with Crippen LogP contribution in [0.4, 0.5) is 0 Å². The van der Waals surface area contributed by atoms with E-state index in [4.69, 9.17) is 0 Å². The van der Waals surface area contributed by atoms with E-state index in [-0.39, 0.29) is 5.91 Å². The Morgan fingerprint density at radius 2 is 1.76 bits per heavy atom. The Hall–Kier alpha value is -0.610. The highest BCUT2D eigenvalue weighted by atomic mass is 16.2. The van der Waals surface area contributed by atoms with Crippen molar-refractivity contribution in [3.63, 3.8) is 0 Å². The quantitative estimate of drug-likeness (QED) is 0.813. The van der Waals surface area contributed by atoms with Gasteiger partial charge in [-0.2, -0.15) is 0 Å². The van der Waals surface area contributed by atoms with Gasteiger partial charge in [-0.15, -0.1) is 0 Å². The number of carbonyl (C=O) groups is 1. The van der Waals surface area contributed by atoms with E-state index in [1.54, 1.807) is 0 Å². The zero-order valence-corrected chi connectivity index (χ0v) is 14.3. The lowest BCUT2D eigenvalue weighted by Crippen LogP contribution is -2.59. The van der Waals surface area contributed by atoms with Gasteiger partial charge in [-0.25, -0.2) is 0 Å². The molecule has 1 aliphatic heterocycles. The predicted molar refractivity (Wildman–Crippen MR) is 87.3 cm³/mol. The van der Waals surface area contributed by atoms with Crippen LogP contribution in [-0.2, 0) is 4.79 Å². The van der Waals surface area contributed by atoms with E-state index >= 15 is 0 Å². The second kappa shape index (κ2) is 7.59. The van der Waals surface area contributed by atoms with Crippen LogP contribution in [0.2, 0.25) is 0 Å². The molecule has 0 aromatic rings. The Morgan fingerprint density at radius 3 is 2.24 bits per heavy atom. The minimum atomic E-state index is 0.254. The first kappa shape index (κ1) is 16.8. The molecule has 122 valence electrons. The number of amides is 1. The third kappa shape index (κ3) is 3.98. The summed E-state index contributed by atoms with van der Waals surface area (Å²) in [5, 5.41) is 3.61. The SMILES string of the molecule is CCN(CC)C(=O)CNC1C2CCCC1CN(C(C)C)C2. The highest BCUT2D eigenvalue weighted by Crippen LogP contribution is 2.35. The Bertz CT molecular complexity index is 327. The lowest BCUT2D eigenvalue weighted by molar-refractivity contribution is -0.130. The third-order valence-electron chi connectivity index (χ3n) is 5.44. The number of likely N-dealkylation sites (tertiary alicyclic amines) is 1. The van der Waals surface area contributed by atoms with Crippen LogP contribution in [0.1, 0.15) is 47.0 Å². The van der Waals surface area contributed by atoms with Gasteiger partial charge in [0.1, 0.15) is 0 Å². The standard InChI is InChI=1S/C17H33N3O/c1-5-19(6-2)16(21)10-18-17-14-8-7-9-15(17)12-20(11-14)13(3)4/h13-15,17-18H,5-12H2,1-4H3. The van der Waals surface area contributed by atoms with Gasteiger partial charge in [-0.3, -0.25) is 4.79 Å². The molecule has 2 rings (SSSR count). The third-order valence-corrected chi connectivity index (χ3v) is 5.44. The molecule has 2 unspecified atom stereocenters. The molecule has 0 aromatic carbocycles. The molecule has 0 spiro atoms. The van der Waals surface area contributed by atoms with Gasteiger partial charge in [-0.1, -0.05) is 6.42 Å². The Labute approximate surface area is 130 Å². The zero-order chi connectivity index (χ0) is 15.4. The van der Waals surface area contributed by atoms with Crippen molar-refractivity contribution in [1.29, 1.82) is 0 Å². The molecule has 1 amide bonds. The number of carbonyl (C=O) groups excluding carboxylic acids is 1. The number of fused-ring (bicyclic) bond motifs is 2. The predicted octanol–water partition coefficient (Wildman–Crippen LogP) is 1.95. The normalized spacial score (nSPS) is 29.7. The van der Waals surface area contributed by atoms with Crippen LogP contribution in [0.15, 0.2) is 0 Å². The van der Waals surface area contributed by atoms with Crippen molar-refractivity contribution in [2.75, 3.05) is 32.7 Å². The van der Waals surface area contributed by atoms with Crippen LogP contribution in [0.5, 0.6) is 0 Å². The second-order valence-corrected chi connectivity index (χ2v) is 6.97. The van der Waals surface area contributed by atoms with Crippen molar-refractivity contribution >= 4 is 5.91 Å². The highest BCUT2D eigenvalue weighted by Gasteiger charge is 2.39. The van der Waals surface area contributed by atoms with E-state index in [1.807, 2.05) is 4.90 Å². The lowest BCUT2D eigenvalue weighted by Gasteiger charge is -2.49. The Morgan fingerprint density at radius 1 is 1.19 bits per heavy atom. The fourth-order valence-electron chi connectivity index (χ4n) is 4.12. The molecule has 1 saturated carbocycles. The number of hydrogen-bond donors (Lipinski definition) is 1. The number of nitrogens with one attached hydrogen (secondary N) is 1. The molecule has 0 aromatic heterocycles. The number of likely N-dealkylation sites (N-methyl/N-ethyl adjacent to an activating group) is 1. The van der Waals surface area contributed by atoms with E-state index in [0.717, 1.165) is 24.9 Å². The molecule has 4 nitrogen and oxygen atoms in total. The van der Waals surface area contributed by atoms with Gasteiger partial charge >= 0.3 is 0 Å². The van der Waals surface area contributed by atoms with Crippen molar-refractivity contribution in [3.05, 3.63) is 0 Å². The van der Waals surface area contributed by atoms with E-state index in [1.165, 1.54) is 32.4 Å².